The van der Waals surface area contributed by atoms with Gasteiger partial charge in [-0.3, -0.25) is 4.99 Å². The first-order chi connectivity index (χ1) is 13.7. The third-order valence-corrected chi connectivity index (χ3v) is 4.99. The van der Waals surface area contributed by atoms with E-state index in [0.717, 1.165) is 56.4 Å². The lowest BCUT2D eigenvalue weighted by Gasteiger charge is -2.28. The number of hydrogen-bond acceptors (Lipinski definition) is 3. The van der Waals surface area contributed by atoms with Gasteiger partial charge < -0.3 is 20.3 Å². The summed E-state index contributed by atoms with van der Waals surface area (Å²) in [5.74, 6) is 0.573. The van der Waals surface area contributed by atoms with Crippen LogP contribution in [0.15, 0.2) is 47.5 Å². The first-order valence-electron chi connectivity index (χ1n) is 9.77. The highest BCUT2D eigenvalue weighted by molar-refractivity contribution is 14.0. The van der Waals surface area contributed by atoms with E-state index in [2.05, 4.69) is 44.8 Å². The number of ether oxygens (including phenoxy) is 1. The first-order valence-corrected chi connectivity index (χ1v) is 9.77. The second-order valence-electron chi connectivity index (χ2n) is 6.94. The minimum absolute atomic E-state index is 0. The number of rotatable bonds is 6. The minimum atomic E-state index is -0.189. The van der Waals surface area contributed by atoms with Gasteiger partial charge in [0.2, 0.25) is 0 Å². The summed E-state index contributed by atoms with van der Waals surface area (Å²) in [6.45, 7) is 6.86. The van der Waals surface area contributed by atoms with Crippen molar-refractivity contribution >= 4 is 35.6 Å². The van der Waals surface area contributed by atoms with Crippen LogP contribution in [0.1, 0.15) is 16.7 Å². The second kappa shape index (κ2) is 12.0. The number of halogens is 2. The molecule has 0 spiro atoms. The van der Waals surface area contributed by atoms with Gasteiger partial charge in [-0.05, 0) is 54.3 Å². The van der Waals surface area contributed by atoms with Crippen molar-refractivity contribution in [3.63, 3.8) is 0 Å². The van der Waals surface area contributed by atoms with Crippen molar-refractivity contribution in [3.8, 4) is 0 Å². The number of hydrogen-bond donors (Lipinski definition) is 2. The van der Waals surface area contributed by atoms with Crippen LogP contribution in [0.25, 0.3) is 0 Å². The molecule has 158 valence electrons. The first kappa shape index (κ1) is 23.4. The van der Waals surface area contributed by atoms with E-state index >= 15 is 0 Å². The van der Waals surface area contributed by atoms with Crippen molar-refractivity contribution in [2.75, 3.05) is 44.8 Å². The average molecular weight is 512 g/mol. The van der Waals surface area contributed by atoms with Crippen LogP contribution in [0.5, 0.6) is 0 Å². The summed E-state index contributed by atoms with van der Waals surface area (Å²) in [5, 5.41) is 6.66. The Bertz CT molecular complexity index is 792. The molecule has 2 aromatic carbocycles. The number of nitrogens with one attached hydrogen (secondary N) is 2. The monoisotopic (exact) mass is 512 g/mol. The topological polar surface area (TPSA) is 48.9 Å². The Morgan fingerprint density at radius 3 is 2.48 bits per heavy atom. The molecular formula is C22H30FIN4O. The van der Waals surface area contributed by atoms with Gasteiger partial charge in [0.1, 0.15) is 5.82 Å². The molecule has 2 aromatic rings. The third-order valence-electron chi connectivity index (χ3n) is 4.99. The lowest BCUT2D eigenvalue weighted by atomic mass is 10.1. The molecule has 0 atom stereocenters. The predicted octanol–water partition coefficient (Wildman–Crippen LogP) is 3.50. The van der Waals surface area contributed by atoms with Gasteiger partial charge in [-0.2, -0.15) is 0 Å². The Hall–Kier alpha value is -1.87. The fraction of sp³-hybridized carbons (Fsp3) is 0.409. The molecule has 1 aliphatic rings. The number of nitrogens with zero attached hydrogens (tertiary/aromatic N) is 2. The Kier molecular flexibility index (Phi) is 9.66. The molecule has 0 saturated carbocycles. The van der Waals surface area contributed by atoms with Crippen LogP contribution in [0.3, 0.4) is 0 Å². The van der Waals surface area contributed by atoms with Crippen molar-refractivity contribution in [3.05, 3.63) is 65.0 Å². The van der Waals surface area contributed by atoms with E-state index in [0.29, 0.717) is 6.54 Å². The summed E-state index contributed by atoms with van der Waals surface area (Å²) in [7, 11) is 1.76. The largest absolute Gasteiger partial charge is 0.378 e. The molecule has 0 unspecified atom stereocenters. The molecule has 29 heavy (non-hydrogen) atoms. The van der Waals surface area contributed by atoms with Gasteiger partial charge in [0.05, 0.1) is 13.2 Å². The van der Waals surface area contributed by atoms with Gasteiger partial charge in [0.15, 0.2) is 5.96 Å². The summed E-state index contributed by atoms with van der Waals surface area (Å²) in [4.78, 5) is 6.62. The molecule has 0 amide bonds. The van der Waals surface area contributed by atoms with Gasteiger partial charge in [-0.1, -0.05) is 18.2 Å². The van der Waals surface area contributed by atoms with Crippen molar-refractivity contribution in [1.29, 1.82) is 0 Å². The summed E-state index contributed by atoms with van der Waals surface area (Å²) in [6.07, 6.45) is 0.820. The van der Waals surface area contributed by atoms with Gasteiger partial charge in [0, 0.05) is 38.9 Å². The highest BCUT2D eigenvalue weighted by atomic mass is 127. The summed E-state index contributed by atoms with van der Waals surface area (Å²) < 4.78 is 18.6. The highest BCUT2D eigenvalue weighted by Crippen LogP contribution is 2.16. The number of benzene rings is 2. The summed E-state index contributed by atoms with van der Waals surface area (Å²) in [6, 6.07) is 13.5. The Labute approximate surface area is 189 Å². The summed E-state index contributed by atoms with van der Waals surface area (Å²) in [5.41, 5.74) is 4.56. The fourth-order valence-corrected chi connectivity index (χ4v) is 3.31. The molecule has 1 saturated heterocycles. The summed E-state index contributed by atoms with van der Waals surface area (Å²) >= 11 is 0. The lowest BCUT2D eigenvalue weighted by Crippen LogP contribution is -2.38. The molecule has 0 aliphatic carbocycles. The normalized spacial score (nSPS) is 14.3. The van der Waals surface area contributed by atoms with Gasteiger partial charge in [0.25, 0.3) is 0 Å². The third kappa shape index (κ3) is 7.15. The predicted molar refractivity (Wildman–Crippen MR) is 128 cm³/mol. The number of morpholine rings is 1. The van der Waals surface area contributed by atoms with E-state index < -0.39 is 0 Å². The molecule has 0 bridgehead atoms. The van der Waals surface area contributed by atoms with E-state index in [1.807, 2.05) is 13.0 Å². The quantitative estimate of drug-likeness (QED) is 0.354. The van der Waals surface area contributed by atoms with Crippen LogP contribution in [0, 0.1) is 12.7 Å². The highest BCUT2D eigenvalue weighted by Gasteiger charge is 2.10. The van der Waals surface area contributed by atoms with Crippen molar-refractivity contribution in [2.24, 2.45) is 4.99 Å². The molecule has 1 aliphatic heterocycles. The molecule has 7 heteroatoms. The van der Waals surface area contributed by atoms with E-state index in [1.165, 1.54) is 17.3 Å². The molecule has 5 nitrogen and oxygen atoms in total. The average Bonchev–Trinajstić information content (AvgIpc) is 2.73. The zero-order chi connectivity index (χ0) is 19.8. The van der Waals surface area contributed by atoms with E-state index in [4.69, 9.17) is 4.74 Å². The molecular weight excluding hydrogens is 482 g/mol. The standard InChI is InChI=1S/C22H29FN4O.HI/c1-17-15-20(23)6-5-19(17)9-10-25-22(24-2)26-16-18-3-7-21(8-4-18)27-11-13-28-14-12-27;/h3-8,15H,9-14,16H2,1-2H3,(H2,24,25,26);1H. The Morgan fingerprint density at radius 2 is 1.83 bits per heavy atom. The van der Waals surface area contributed by atoms with Crippen LogP contribution in [0.4, 0.5) is 10.1 Å². The Morgan fingerprint density at radius 1 is 1.10 bits per heavy atom. The maximum Gasteiger partial charge on any atom is 0.191 e. The van der Waals surface area contributed by atoms with Gasteiger partial charge >= 0.3 is 0 Å². The fourth-order valence-electron chi connectivity index (χ4n) is 3.31. The van der Waals surface area contributed by atoms with Crippen LogP contribution < -0.4 is 15.5 Å². The molecule has 1 fully saturated rings. The van der Waals surface area contributed by atoms with Crippen molar-refractivity contribution in [1.82, 2.24) is 10.6 Å². The number of aliphatic imine (C=N–C) groups is 1. The molecule has 1 heterocycles. The molecule has 0 radical (unpaired) electrons. The van der Waals surface area contributed by atoms with E-state index in [1.54, 1.807) is 13.1 Å². The number of anilines is 1. The number of guanidine groups is 1. The maximum atomic E-state index is 13.2. The zero-order valence-electron chi connectivity index (χ0n) is 17.1. The molecule has 0 aromatic heterocycles. The molecule has 2 N–H and O–H groups in total. The van der Waals surface area contributed by atoms with Gasteiger partial charge in [-0.15, -0.1) is 24.0 Å². The van der Waals surface area contributed by atoms with Crippen LogP contribution in [0.2, 0.25) is 0 Å². The van der Waals surface area contributed by atoms with Crippen LogP contribution >= 0.6 is 24.0 Å². The lowest BCUT2D eigenvalue weighted by molar-refractivity contribution is 0.122. The van der Waals surface area contributed by atoms with Crippen molar-refractivity contribution < 1.29 is 9.13 Å². The molecule has 3 rings (SSSR count). The van der Waals surface area contributed by atoms with E-state index in [-0.39, 0.29) is 29.8 Å². The van der Waals surface area contributed by atoms with E-state index in [9.17, 15) is 4.39 Å². The smallest absolute Gasteiger partial charge is 0.191 e. The van der Waals surface area contributed by atoms with Crippen LogP contribution in [-0.2, 0) is 17.7 Å². The zero-order valence-corrected chi connectivity index (χ0v) is 19.4. The second-order valence-corrected chi connectivity index (χ2v) is 6.94. The maximum absolute atomic E-state index is 13.2. The minimum Gasteiger partial charge on any atom is -0.378 e. The van der Waals surface area contributed by atoms with Gasteiger partial charge in [-0.25, -0.2) is 4.39 Å². The number of aryl methyl sites for hydroxylation is 1. The van der Waals surface area contributed by atoms with Crippen LogP contribution in [-0.4, -0.2) is 45.9 Å². The Balaban J connectivity index is 0.00000300. The SMILES string of the molecule is CN=C(NCCc1ccc(F)cc1C)NCc1ccc(N2CCOCC2)cc1.I. The van der Waals surface area contributed by atoms with Crippen molar-refractivity contribution in [2.45, 2.75) is 19.9 Å².